The highest BCUT2D eigenvalue weighted by atomic mass is 35.5. The molecule has 1 heterocycles. The summed E-state index contributed by atoms with van der Waals surface area (Å²) in [6, 6.07) is 8.92. The highest BCUT2D eigenvalue weighted by molar-refractivity contribution is 6.33. The number of anilines is 1. The molecule has 0 saturated carbocycles. The molecule has 0 aromatic heterocycles. The number of esters is 1. The zero-order chi connectivity index (χ0) is 21.3. The number of benzene rings is 2. The number of nitrogens with zero attached hydrogens (tertiary/aromatic N) is 1. The second kappa shape index (κ2) is 8.27. The van der Waals surface area contributed by atoms with Crippen LogP contribution in [0.1, 0.15) is 12.5 Å². The van der Waals surface area contributed by atoms with E-state index in [9.17, 15) is 14.0 Å². The van der Waals surface area contributed by atoms with Crippen molar-refractivity contribution in [3.8, 4) is 5.75 Å². The Hall–Kier alpha value is -2.83. The van der Waals surface area contributed by atoms with E-state index in [1.165, 1.54) is 49.5 Å². The third-order valence-corrected chi connectivity index (χ3v) is 5.10. The van der Waals surface area contributed by atoms with Crippen LogP contribution in [-0.4, -0.2) is 26.1 Å². The predicted octanol–water partition coefficient (Wildman–Crippen LogP) is 5.02. The molecule has 0 unspecified atom stereocenters. The molecule has 2 aromatic carbocycles. The average molecular weight is 436 g/mol. The van der Waals surface area contributed by atoms with Crippen molar-refractivity contribution in [2.75, 3.05) is 19.1 Å². The van der Waals surface area contributed by atoms with E-state index in [0.29, 0.717) is 22.2 Å². The van der Waals surface area contributed by atoms with Crippen LogP contribution < -0.4 is 9.64 Å². The number of hydrogen-bond donors (Lipinski definition) is 0. The predicted molar refractivity (Wildman–Crippen MR) is 110 cm³/mol. The van der Waals surface area contributed by atoms with E-state index in [0.717, 1.165) is 0 Å². The van der Waals surface area contributed by atoms with Gasteiger partial charge >= 0.3 is 5.97 Å². The second-order valence-corrected chi connectivity index (χ2v) is 6.92. The van der Waals surface area contributed by atoms with E-state index < -0.39 is 17.7 Å². The summed E-state index contributed by atoms with van der Waals surface area (Å²) in [6.45, 7) is 1.59. The highest BCUT2D eigenvalue weighted by Gasteiger charge is 2.38. The van der Waals surface area contributed by atoms with Crippen LogP contribution in [0.15, 0.2) is 53.2 Å². The lowest BCUT2D eigenvalue weighted by Crippen LogP contribution is -2.24. The fourth-order valence-corrected chi connectivity index (χ4v) is 3.55. The lowest BCUT2D eigenvalue weighted by Gasteiger charge is -2.19. The number of methoxy groups -OCH3 is 2. The number of carbonyl (C=O) groups excluding carboxylic acids is 2. The van der Waals surface area contributed by atoms with Crippen molar-refractivity contribution in [3.05, 3.63) is 74.7 Å². The van der Waals surface area contributed by atoms with Gasteiger partial charge in [0, 0.05) is 11.3 Å². The van der Waals surface area contributed by atoms with E-state index in [1.54, 1.807) is 19.1 Å². The van der Waals surface area contributed by atoms with E-state index in [-0.39, 0.29) is 21.7 Å². The van der Waals surface area contributed by atoms with Gasteiger partial charge in [-0.05, 0) is 43.3 Å². The van der Waals surface area contributed by atoms with Gasteiger partial charge in [0.15, 0.2) is 0 Å². The van der Waals surface area contributed by atoms with Gasteiger partial charge in [0.1, 0.15) is 11.6 Å². The maximum atomic E-state index is 14.3. The van der Waals surface area contributed by atoms with Crippen LogP contribution in [0.5, 0.6) is 5.75 Å². The van der Waals surface area contributed by atoms with Crippen LogP contribution in [0.3, 0.4) is 0 Å². The summed E-state index contributed by atoms with van der Waals surface area (Å²) in [7, 11) is 2.68. The van der Waals surface area contributed by atoms with Crippen molar-refractivity contribution >= 4 is 46.8 Å². The normalized spacial score (nSPS) is 15.3. The zero-order valence-corrected chi connectivity index (χ0v) is 17.3. The van der Waals surface area contributed by atoms with Crippen LogP contribution in [0.25, 0.3) is 6.08 Å². The van der Waals surface area contributed by atoms with Gasteiger partial charge in [-0.3, -0.25) is 9.69 Å². The van der Waals surface area contributed by atoms with Gasteiger partial charge in [-0.1, -0.05) is 29.3 Å². The van der Waals surface area contributed by atoms with Gasteiger partial charge < -0.3 is 9.47 Å². The molecule has 8 heteroatoms. The van der Waals surface area contributed by atoms with Crippen molar-refractivity contribution in [1.29, 1.82) is 0 Å². The molecule has 150 valence electrons. The van der Waals surface area contributed by atoms with E-state index in [4.69, 9.17) is 32.7 Å². The lowest BCUT2D eigenvalue weighted by atomic mass is 10.0. The second-order valence-electron chi connectivity index (χ2n) is 6.10. The molecule has 2 aromatic rings. The smallest absolute Gasteiger partial charge is 0.340 e. The molecule has 3 rings (SSSR count). The van der Waals surface area contributed by atoms with E-state index >= 15 is 0 Å². The van der Waals surface area contributed by atoms with Crippen molar-refractivity contribution in [2.45, 2.75) is 6.92 Å². The fraction of sp³-hybridized carbons (Fsp3) is 0.143. The van der Waals surface area contributed by atoms with Gasteiger partial charge in [-0.2, -0.15) is 0 Å². The summed E-state index contributed by atoms with van der Waals surface area (Å²) in [5.41, 5.74) is 0.725. The first-order valence-corrected chi connectivity index (χ1v) is 9.19. The van der Waals surface area contributed by atoms with Crippen LogP contribution in [-0.2, 0) is 14.3 Å². The topological polar surface area (TPSA) is 55.8 Å². The summed E-state index contributed by atoms with van der Waals surface area (Å²) in [6.07, 6.45) is 1.25. The van der Waals surface area contributed by atoms with Crippen molar-refractivity contribution in [3.63, 3.8) is 0 Å². The average Bonchev–Trinajstić information content (AvgIpc) is 2.93. The van der Waals surface area contributed by atoms with Gasteiger partial charge in [0.25, 0.3) is 5.91 Å². The van der Waals surface area contributed by atoms with Crippen molar-refractivity contribution in [2.24, 2.45) is 0 Å². The Kier molecular flexibility index (Phi) is 5.96. The van der Waals surface area contributed by atoms with Crippen LogP contribution in [0, 0.1) is 5.82 Å². The van der Waals surface area contributed by atoms with Gasteiger partial charge in [-0.15, -0.1) is 0 Å². The van der Waals surface area contributed by atoms with Crippen LogP contribution in [0.4, 0.5) is 10.1 Å². The number of halogens is 3. The quantitative estimate of drug-likeness (QED) is 0.499. The number of hydrogen-bond acceptors (Lipinski definition) is 4. The third-order valence-electron chi connectivity index (χ3n) is 4.47. The molecule has 0 aliphatic carbocycles. The Bertz CT molecular complexity index is 1060. The molecule has 1 aliphatic heterocycles. The zero-order valence-electron chi connectivity index (χ0n) is 15.8. The largest absolute Gasteiger partial charge is 0.495 e. The number of rotatable bonds is 4. The standard InChI is InChI=1S/C21H16Cl2FNO4/c1-11-19(21(27)29-3)14(10-13-15(22)5-4-6-17(13)24)20(26)25(11)12-7-8-18(28-2)16(23)9-12/h4-10H,1-3H3/b14-10-. The SMILES string of the molecule is COC(=O)C1=C(C)N(c2ccc(OC)c(Cl)c2)C(=O)/C1=C\c1c(F)cccc1Cl. The van der Waals surface area contributed by atoms with Crippen molar-refractivity contribution < 1.29 is 23.5 Å². The first-order valence-electron chi connectivity index (χ1n) is 8.43. The summed E-state index contributed by atoms with van der Waals surface area (Å²) in [5.74, 6) is -1.45. The first kappa shape index (κ1) is 20.9. The fourth-order valence-electron chi connectivity index (χ4n) is 3.08. The van der Waals surface area contributed by atoms with Gasteiger partial charge in [0.05, 0.1) is 41.1 Å². The summed E-state index contributed by atoms with van der Waals surface area (Å²) in [4.78, 5) is 26.9. The Balaban J connectivity index is 2.19. The minimum atomic E-state index is -0.725. The van der Waals surface area contributed by atoms with Crippen LogP contribution >= 0.6 is 23.2 Å². The molecule has 0 spiro atoms. The number of allylic oxidation sites excluding steroid dienone is 1. The minimum Gasteiger partial charge on any atom is -0.495 e. The Morgan fingerprint density at radius 2 is 1.86 bits per heavy atom. The van der Waals surface area contributed by atoms with Gasteiger partial charge in [-0.25, -0.2) is 9.18 Å². The third kappa shape index (κ3) is 3.73. The monoisotopic (exact) mass is 435 g/mol. The van der Waals surface area contributed by atoms with Gasteiger partial charge in [0.2, 0.25) is 0 Å². The Morgan fingerprint density at radius 3 is 2.45 bits per heavy atom. The van der Waals surface area contributed by atoms with Crippen molar-refractivity contribution in [1.82, 2.24) is 0 Å². The molecule has 0 fully saturated rings. The lowest BCUT2D eigenvalue weighted by molar-refractivity contribution is -0.136. The molecule has 0 bridgehead atoms. The first-order chi connectivity index (χ1) is 13.8. The molecule has 0 atom stereocenters. The maximum Gasteiger partial charge on any atom is 0.340 e. The highest BCUT2D eigenvalue weighted by Crippen LogP contribution is 2.38. The molecule has 0 saturated heterocycles. The minimum absolute atomic E-state index is 0.00123. The summed E-state index contributed by atoms with van der Waals surface area (Å²) >= 11 is 12.3. The number of amides is 1. The van der Waals surface area contributed by atoms with E-state index in [1.807, 2.05) is 0 Å². The Morgan fingerprint density at radius 1 is 1.14 bits per heavy atom. The summed E-state index contributed by atoms with van der Waals surface area (Å²) in [5, 5.41) is 0.401. The van der Waals surface area contributed by atoms with Crippen LogP contribution in [0.2, 0.25) is 10.0 Å². The van der Waals surface area contributed by atoms with E-state index in [2.05, 4.69) is 0 Å². The molecule has 0 N–H and O–H groups in total. The maximum absolute atomic E-state index is 14.3. The molecule has 1 amide bonds. The number of ether oxygens (including phenoxy) is 2. The molecule has 5 nitrogen and oxygen atoms in total. The molecular formula is C21H16Cl2FNO4. The summed E-state index contributed by atoms with van der Waals surface area (Å²) < 4.78 is 24.2. The molecule has 1 aliphatic rings. The Labute approximate surface area is 176 Å². The molecular weight excluding hydrogens is 420 g/mol. The molecule has 29 heavy (non-hydrogen) atoms. The number of carbonyl (C=O) groups is 2. The molecule has 0 radical (unpaired) electrons.